The Bertz CT molecular complexity index is 1400. The molecule has 4 aromatic rings. The normalized spacial score (nSPS) is 16.3. The number of anilines is 1. The van der Waals surface area contributed by atoms with Crippen molar-refractivity contribution in [1.29, 1.82) is 0 Å². The fourth-order valence-electron chi connectivity index (χ4n) is 4.46. The topological polar surface area (TPSA) is 119 Å². The molecule has 1 aliphatic heterocycles. The maximum Gasteiger partial charge on any atom is 0.304 e. The highest BCUT2D eigenvalue weighted by Crippen LogP contribution is 2.32. The van der Waals surface area contributed by atoms with Crippen LogP contribution in [0.3, 0.4) is 0 Å². The average molecular weight is 510 g/mol. The summed E-state index contributed by atoms with van der Waals surface area (Å²) in [5.74, 6) is -1.21. The summed E-state index contributed by atoms with van der Waals surface area (Å²) in [5.41, 5.74) is 4.12. The number of H-pyrrole nitrogens is 1. The fraction of sp³-hybridized carbons (Fsp3) is 0.280. The van der Waals surface area contributed by atoms with E-state index in [1.54, 1.807) is 12.3 Å². The summed E-state index contributed by atoms with van der Waals surface area (Å²) in [6, 6.07) is 9.91. The predicted molar refractivity (Wildman–Crippen MR) is 136 cm³/mol. The highest BCUT2D eigenvalue weighted by atomic mass is 35.5. The molecule has 1 unspecified atom stereocenters. The number of hydrogen-bond donors (Lipinski definition) is 4. The van der Waals surface area contributed by atoms with E-state index < -0.39 is 11.8 Å². The van der Waals surface area contributed by atoms with E-state index in [2.05, 4.69) is 30.5 Å². The molecular weight excluding hydrogens is 485 g/mol. The molecule has 3 aromatic heterocycles. The van der Waals surface area contributed by atoms with Crippen LogP contribution in [-0.4, -0.2) is 74.7 Å². The number of carboxylic acids is 1. The van der Waals surface area contributed by atoms with E-state index in [9.17, 15) is 14.3 Å². The smallest absolute Gasteiger partial charge is 0.304 e. The molecule has 1 aromatic carbocycles. The first-order valence-electron chi connectivity index (χ1n) is 11.6. The van der Waals surface area contributed by atoms with Gasteiger partial charge in [0.2, 0.25) is 0 Å². The lowest BCUT2D eigenvalue weighted by Crippen LogP contribution is -2.53. The van der Waals surface area contributed by atoms with Gasteiger partial charge in [-0.1, -0.05) is 11.6 Å². The number of aliphatic carboxylic acids is 1. The van der Waals surface area contributed by atoms with E-state index in [4.69, 9.17) is 16.6 Å². The molecule has 0 aliphatic carbocycles. The number of nitrogens with zero attached hydrogens (tertiary/aromatic N) is 4. The van der Waals surface area contributed by atoms with Gasteiger partial charge in [-0.25, -0.2) is 14.4 Å². The molecular formula is C25H25ClFN7O2. The standard InChI is InChI=1S/C25H25ClFN7O2/c26-15-1-2-19(27)18(9-15)24-25(32-14-31-24)21-4-3-20-22(33-21)10-16(12-30-20)29-6-8-34-7-5-28-13-17(34)11-23(35)36/h1-4,9-10,12,14,17,28-29H,5-8,11,13H2,(H,31,32)(H,35,36). The van der Waals surface area contributed by atoms with Crippen LogP contribution in [0.5, 0.6) is 0 Å². The lowest BCUT2D eigenvalue weighted by atomic mass is 10.1. The molecule has 0 amide bonds. The van der Waals surface area contributed by atoms with Crippen LogP contribution in [0.25, 0.3) is 33.7 Å². The molecule has 1 atom stereocenters. The Morgan fingerprint density at radius 1 is 1.22 bits per heavy atom. The third kappa shape index (κ3) is 5.30. The number of aromatic nitrogens is 4. The van der Waals surface area contributed by atoms with E-state index >= 15 is 0 Å². The molecule has 186 valence electrons. The first-order chi connectivity index (χ1) is 17.5. The number of carbonyl (C=O) groups is 1. The van der Waals surface area contributed by atoms with E-state index in [1.165, 1.54) is 18.5 Å². The molecule has 36 heavy (non-hydrogen) atoms. The number of fused-ring (bicyclic) bond motifs is 1. The van der Waals surface area contributed by atoms with Gasteiger partial charge in [0, 0.05) is 49.4 Å². The number of halogens is 2. The van der Waals surface area contributed by atoms with Crippen molar-refractivity contribution >= 4 is 34.3 Å². The summed E-state index contributed by atoms with van der Waals surface area (Å²) in [7, 11) is 0. The van der Waals surface area contributed by atoms with Crippen molar-refractivity contribution in [3.05, 3.63) is 59.8 Å². The Hall–Kier alpha value is -3.60. The molecule has 1 saturated heterocycles. The highest BCUT2D eigenvalue weighted by molar-refractivity contribution is 6.30. The van der Waals surface area contributed by atoms with Gasteiger partial charge in [0.05, 0.1) is 47.1 Å². The molecule has 0 saturated carbocycles. The molecule has 5 rings (SSSR count). The first-order valence-corrected chi connectivity index (χ1v) is 12.0. The van der Waals surface area contributed by atoms with Gasteiger partial charge in [-0.3, -0.25) is 14.7 Å². The van der Waals surface area contributed by atoms with Gasteiger partial charge < -0.3 is 20.7 Å². The number of aromatic amines is 1. The highest BCUT2D eigenvalue weighted by Gasteiger charge is 2.24. The number of imidazole rings is 1. The minimum Gasteiger partial charge on any atom is -0.481 e. The van der Waals surface area contributed by atoms with Crippen LogP contribution in [0.1, 0.15) is 6.42 Å². The third-order valence-corrected chi connectivity index (χ3v) is 6.46. The minimum absolute atomic E-state index is 0.0232. The summed E-state index contributed by atoms with van der Waals surface area (Å²) in [5, 5.41) is 16.2. The molecule has 0 spiro atoms. The molecule has 4 N–H and O–H groups in total. The van der Waals surface area contributed by atoms with Crippen molar-refractivity contribution in [2.75, 3.05) is 38.0 Å². The molecule has 1 fully saturated rings. The zero-order valence-corrected chi connectivity index (χ0v) is 20.1. The van der Waals surface area contributed by atoms with Crippen LogP contribution in [0.4, 0.5) is 10.1 Å². The number of rotatable bonds is 8. The van der Waals surface area contributed by atoms with E-state index in [0.29, 0.717) is 52.8 Å². The summed E-state index contributed by atoms with van der Waals surface area (Å²) in [4.78, 5) is 30.0. The summed E-state index contributed by atoms with van der Waals surface area (Å²) >= 11 is 6.08. The van der Waals surface area contributed by atoms with Crippen molar-refractivity contribution in [3.8, 4) is 22.6 Å². The van der Waals surface area contributed by atoms with Crippen LogP contribution >= 0.6 is 11.6 Å². The number of pyridine rings is 2. The average Bonchev–Trinajstić information content (AvgIpc) is 3.35. The predicted octanol–water partition coefficient (Wildman–Crippen LogP) is 3.64. The van der Waals surface area contributed by atoms with Gasteiger partial charge in [0.15, 0.2) is 0 Å². The lowest BCUT2D eigenvalue weighted by Gasteiger charge is -2.35. The Morgan fingerprint density at radius 3 is 2.97 bits per heavy atom. The van der Waals surface area contributed by atoms with Gasteiger partial charge in [-0.05, 0) is 36.4 Å². The van der Waals surface area contributed by atoms with Crippen LogP contribution in [-0.2, 0) is 4.79 Å². The van der Waals surface area contributed by atoms with Crippen molar-refractivity contribution < 1.29 is 14.3 Å². The molecule has 9 nitrogen and oxygen atoms in total. The monoisotopic (exact) mass is 509 g/mol. The van der Waals surface area contributed by atoms with Gasteiger partial charge in [0.1, 0.15) is 11.5 Å². The molecule has 11 heteroatoms. The fourth-order valence-corrected chi connectivity index (χ4v) is 4.63. The van der Waals surface area contributed by atoms with Crippen LogP contribution in [0, 0.1) is 5.82 Å². The zero-order chi connectivity index (χ0) is 25.1. The Labute approximate surface area is 211 Å². The number of nitrogens with one attached hydrogen (secondary N) is 3. The summed E-state index contributed by atoms with van der Waals surface area (Å²) < 4.78 is 14.5. The SMILES string of the molecule is O=C(O)CC1CNCCN1CCNc1cnc2ccc(-c3[nH]cnc3-c3cc(Cl)ccc3F)nc2c1. The number of carboxylic acid groups (broad SMARTS) is 1. The largest absolute Gasteiger partial charge is 0.481 e. The Morgan fingerprint density at radius 2 is 2.11 bits per heavy atom. The maximum absolute atomic E-state index is 14.5. The minimum atomic E-state index is -0.791. The second-order valence-corrected chi connectivity index (χ2v) is 9.06. The van der Waals surface area contributed by atoms with E-state index in [0.717, 1.165) is 24.3 Å². The zero-order valence-electron chi connectivity index (χ0n) is 19.3. The molecule has 1 aliphatic rings. The van der Waals surface area contributed by atoms with Crippen molar-refractivity contribution in [1.82, 2.24) is 30.2 Å². The van der Waals surface area contributed by atoms with Crippen LogP contribution in [0.15, 0.2) is 48.9 Å². The van der Waals surface area contributed by atoms with E-state index in [1.807, 2.05) is 18.2 Å². The Kier molecular flexibility index (Phi) is 7.08. The summed E-state index contributed by atoms with van der Waals surface area (Å²) in [6.45, 7) is 3.68. The van der Waals surface area contributed by atoms with Gasteiger partial charge in [-0.15, -0.1) is 0 Å². The van der Waals surface area contributed by atoms with Gasteiger partial charge in [0.25, 0.3) is 0 Å². The molecule has 0 bridgehead atoms. The van der Waals surface area contributed by atoms with E-state index in [-0.39, 0.29) is 12.5 Å². The molecule has 4 heterocycles. The Balaban J connectivity index is 1.33. The summed E-state index contributed by atoms with van der Waals surface area (Å²) in [6.07, 6.45) is 3.37. The first kappa shape index (κ1) is 24.1. The van der Waals surface area contributed by atoms with Crippen molar-refractivity contribution in [2.45, 2.75) is 12.5 Å². The van der Waals surface area contributed by atoms with Crippen LogP contribution in [0.2, 0.25) is 5.02 Å². The number of hydrogen-bond acceptors (Lipinski definition) is 7. The van der Waals surface area contributed by atoms with Gasteiger partial charge >= 0.3 is 5.97 Å². The van der Waals surface area contributed by atoms with Crippen molar-refractivity contribution in [2.24, 2.45) is 0 Å². The van der Waals surface area contributed by atoms with Crippen LogP contribution < -0.4 is 10.6 Å². The maximum atomic E-state index is 14.5. The molecule has 0 radical (unpaired) electrons. The lowest BCUT2D eigenvalue weighted by molar-refractivity contribution is -0.138. The second kappa shape index (κ2) is 10.6. The second-order valence-electron chi connectivity index (χ2n) is 8.63. The number of piperazine rings is 1. The third-order valence-electron chi connectivity index (χ3n) is 6.23. The number of benzene rings is 1. The quantitative estimate of drug-likeness (QED) is 0.284. The van der Waals surface area contributed by atoms with Gasteiger partial charge in [-0.2, -0.15) is 0 Å². The van der Waals surface area contributed by atoms with Crippen molar-refractivity contribution in [3.63, 3.8) is 0 Å².